The van der Waals surface area contributed by atoms with Gasteiger partial charge in [-0.05, 0) is 68.7 Å². The van der Waals surface area contributed by atoms with Gasteiger partial charge in [-0.15, -0.1) is 13.2 Å². The van der Waals surface area contributed by atoms with E-state index in [0.717, 1.165) is 32.1 Å². The normalized spacial score (nSPS) is 19.6. The van der Waals surface area contributed by atoms with Gasteiger partial charge in [-0.3, -0.25) is 9.59 Å². The number of aryl methyl sites for hydroxylation is 1. The lowest BCUT2D eigenvalue weighted by atomic mass is 9.86. The number of alkyl halides is 3. The molecule has 5 nitrogen and oxygen atoms in total. The molecule has 4 rings (SSSR count). The molecule has 2 heterocycles. The Labute approximate surface area is 191 Å². The number of aromatic nitrogens is 1. The van der Waals surface area contributed by atoms with Crippen LogP contribution in [0.1, 0.15) is 60.5 Å². The van der Waals surface area contributed by atoms with E-state index in [0.29, 0.717) is 34.7 Å². The average molecular weight is 463 g/mol. The molecule has 1 amide bonds. The maximum Gasteiger partial charge on any atom is 0.573 e. The minimum atomic E-state index is -4.94. The number of likely N-dealkylation sites (tertiary alicyclic amines) is 1. The number of piperidine rings is 1. The molecule has 1 unspecified atom stereocenters. The first kappa shape index (κ1) is 23.4. The van der Waals surface area contributed by atoms with Crippen LogP contribution in [0, 0.1) is 19.8 Å². The molecular weight excluding hydrogens is 433 g/mol. The van der Waals surface area contributed by atoms with E-state index in [4.69, 9.17) is 0 Å². The number of benzene rings is 1. The molecule has 1 aliphatic heterocycles. The van der Waals surface area contributed by atoms with Crippen LogP contribution in [0.15, 0.2) is 29.2 Å². The minimum Gasteiger partial charge on any atom is -0.405 e. The lowest BCUT2D eigenvalue weighted by Crippen LogP contribution is -2.48. The summed E-state index contributed by atoms with van der Waals surface area (Å²) in [5, 5.41) is 0. The number of ether oxygens (including phenoxy) is 1. The molecule has 0 bridgehead atoms. The smallest absolute Gasteiger partial charge is 0.405 e. The van der Waals surface area contributed by atoms with E-state index < -0.39 is 18.0 Å². The summed E-state index contributed by atoms with van der Waals surface area (Å²) in [6.45, 7) is 6.12. The van der Waals surface area contributed by atoms with E-state index in [1.807, 2.05) is 0 Å². The highest BCUT2D eigenvalue weighted by Gasteiger charge is 2.53. The summed E-state index contributed by atoms with van der Waals surface area (Å²) >= 11 is 0. The second kappa shape index (κ2) is 8.22. The van der Waals surface area contributed by atoms with Crippen molar-refractivity contribution < 1.29 is 22.7 Å². The van der Waals surface area contributed by atoms with E-state index in [-0.39, 0.29) is 16.7 Å². The average Bonchev–Trinajstić information content (AvgIpc) is 3.52. The van der Waals surface area contributed by atoms with Crippen molar-refractivity contribution in [3.63, 3.8) is 0 Å². The molecule has 2 aromatic rings. The summed E-state index contributed by atoms with van der Waals surface area (Å²) < 4.78 is 45.6. The fraction of sp³-hybridized carbons (Fsp3) is 0.520. The van der Waals surface area contributed by atoms with Crippen LogP contribution in [-0.4, -0.2) is 33.8 Å². The molecule has 2 fully saturated rings. The van der Waals surface area contributed by atoms with Crippen LogP contribution in [0.25, 0.3) is 11.1 Å². The lowest BCUT2D eigenvalue weighted by molar-refractivity contribution is -0.274. The predicted octanol–water partition coefficient (Wildman–Crippen LogP) is 5.36. The quantitative estimate of drug-likeness (QED) is 0.615. The van der Waals surface area contributed by atoms with Gasteiger partial charge in [-0.2, -0.15) is 0 Å². The summed E-state index contributed by atoms with van der Waals surface area (Å²) in [6, 6.07) is 4.30. The van der Waals surface area contributed by atoms with E-state index in [9.17, 15) is 22.8 Å². The van der Waals surface area contributed by atoms with Crippen molar-refractivity contribution in [1.29, 1.82) is 0 Å². The third-order valence-corrected chi connectivity index (χ3v) is 7.33. The molecule has 1 atom stereocenters. The number of nitrogens with zero attached hydrogens (tertiary/aromatic N) is 2. The molecule has 178 valence electrons. The summed E-state index contributed by atoms with van der Waals surface area (Å²) in [6.07, 6.45) is 1.23. The van der Waals surface area contributed by atoms with Crippen molar-refractivity contribution in [3.8, 4) is 16.9 Å². The van der Waals surface area contributed by atoms with Crippen molar-refractivity contribution in [2.45, 2.75) is 64.8 Å². The summed E-state index contributed by atoms with van der Waals surface area (Å²) in [5.41, 5.74) is 1.78. The van der Waals surface area contributed by atoms with Crippen LogP contribution >= 0.6 is 0 Å². The number of rotatable bonds is 4. The highest BCUT2D eigenvalue weighted by atomic mass is 19.4. The van der Waals surface area contributed by atoms with Gasteiger partial charge in [0, 0.05) is 36.5 Å². The molecule has 1 spiro atoms. The number of halogens is 3. The van der Waals surface area contributed by atoms with Gasteiger partial charge in [-0.25, -0.2) is 0 Å². The van der Waals surface area contributed by atoms with Crippen molar-refractivity contribution in [2.75, 3.05) is 6.54 Å². The van der Waals surface area contributed by atoms with E-state index >= 15 is 0 Å². The predicted molar refractivity (Wildman–Crippen MR) is 119 cm³/mol. The monoisotopic (exact) mass is 462 g/mol. The van der Waals surface area contributed by atoms with Crippen LogP contribution in [0.4, 0.5) is 13.2 Å². The fourth-order valence-corrected chi connectivity index (χ4v) is 5.07. The first-order valence-electron chi connectivity index (χ1n) is 11.3. The van der Waals surface area contributed by atoms with Crippen molar-refractivity contribution >= 4 is 5.91 Å². The second-order valence-corrected chi connectivity index (χ2v) is 9.42. The second-order valence-electron chi connectivity index (χ2n) is 9.42. The largest absolute Gasteiger partial charge is 0.573 e. The van der Waals surface area contributed by atoms with Crippen LogP contribution in [0.2, 0.25) is 0 Å². The Bertz CT molecular complexity index is 1150. The molecule has 1 aromatic carbocycles. The summed E-state index contributed by atoms with van der Waals surface area (Å²) in [7, 11) is 1.60. The molecule has 1 saturated carbocycles. The number of hydrogen-bond donors (Lipinski definition) is 0. The van der Waals surface area contributed by atoms with Crippen LogP contribution in [0.5, 0.6) is 5.75 Å². The number of carbonyl (C=O) groups is 1. The molecule has 0 N–H and O–H groups in total. The van der Waals surface area contributed by atoms with Crippen molar-refractivity contribution in [2.24, 2.45) is 13.0 Å². The van der Waals surface area contributed by atoms with Crippen LogP contribution < -0.4 is 10.3 Å². The minimum absolute atomic E-state index is 0.0866. The Kier molecular flexibility index (Phi) is 5.83. The van der Waals surface area contributed by atoms with Crippen molar-refractivity contribution in [3.05, 3.63) is 51.4 Å². The van der Waals surface area contributed by atoms with E-state index in [1.165, 1.54) is 16.7 Å². The first-order chi connectivity index (χ1) is 15.5. The molecule has 1 aliphatic carbocycles. The van der Waals surface area contributed by atoms with E-state index in [2.05, 4.69) is 11.7 Å². The van der Waals surface area contributed by atoms with Gasteiger partial charge < -0.3 is 14.2 Å². The van der Waals surface area contributed by atoms with Gasteiger partial charge in [0.15, 0.2) is 0 Å². The zero-order valence-electron chi connectivity index (χ0n) is 19.4. The standard InChI is InChI=1S/C25H29F3N2O3/c1-5-17-8-11-30(24(13-17)9-10-24)23(32)19-7-6-18(12-21(19)33-25(26,27)28)20-14-29(4)22(31)16(3)15(20)2/h6-7,12,14,17H,5,8-11,13H2,1-4H3. The Balaban J connectivity index is 1.76. The maximum absolute atomic E-state index is 13.5. The third-order valence-electron chi connectivity index (χ3n) is 7.33. The molecule has 1 aromatic heterocycles. The molecule has 33 heavy (non-hydrogen) atoms. The fourth-order valence-electron chi connectivity index (χ4n) is 5.07. The number of pyridine rings is 1. The topological polar surface area (TPSA) is 51.5 Å². The first-order valence-corrected chi connectivity index (χ1v) is 11.3. The van der Waals surface area contributed by atoms with Crippen LogP contribution in [0.3, 0.4) is 0 Å². The Morgan fingerprint density at radius 1 is 1.21 bits per heavy atom. The number of hydrogen-bond acceptors (Lipinski definition) is 3. The summed E-state index contributed by atoms with van der Waals surface area (Å²) in [4.78, 5) is 27.4. The molecule has 2 aliphatic rings. The van der Waals surface area contributed by atoms with Gasteiger partial charge in [0.25, 0.3) is 11.5 Å². The van der Waals surface area contributed by atoms with Crippen LogP contribution in [-0.2, 0) is 7.05 Å². The van der Waals surface area contributed by atoms with E-state index in [1.54, 1.807) is 38.1 Å². The highest BCUT2D eigenvalue weighted by Crippen LogP contribution is 2.51. The Morgan fingerprint density at radius 2 is 1.91 bits per heavy atom. The number of amides is 1. The lowest BCUT2D eigenvalue weighted by Gasteiger charge is -2.40. The van der Waals surface area contributed by atoms with Gasteiger partial charge in [0.05, 0.1) is 5.56 Å². The highest BCUT2D eigenvalue weighted by molar-refractivity contribution is 5.98. The zero-order chi connectivity index (χ0) is 24.1. The van der Waals surface area contributed by atoms with Gasteiger partial charge >= 0.3 is 6.36 Å². The molecular formula is C25H29F3N2O3. The maximum atomic E-state index is 13.5. The Hall–Kier alpha value is -2.77. The molecule has 0 radical (unpaired) electrons. The number of carbonyl (C=O) groups excluding carboxylic acids is 1. The van der Waals surface area contributed by atoms with Gasteiger partial charge in [-0.1, -0.05) is 19.4 Å². The van der Waals surface area contributed by atoms with Gasteiger partial charge in [0.1, 0.15) is 5.75 Å². The van der Waals surface area contributed by atoms with Gasteiger partial charge in [0.2, 0.25) is 0 Å². The third kappa shape index (κ3) is 4.39. The molecule has 1 saturated heterocycles. The SMILES string of the molecule is CCC1CCN(C(=O)c2ccc(-c3cn(C)c(=O)c(C)c3C)cc2OC(F)(F)F)C2(CC2)C1. The Morgan fingerprint density at radius 3 is 2.52 bits per heavy atom. The molecule has 8 heteroatoms. The van der Waals surface area contributed by atoms with Crippen molar-refractivity contribution in [1.82, 2.24) is 9.47 Å². The summed E-state index contributed by atoms with van der Waals surface area (Å²) in [5.74, 6) is -0.383. The zero-order valence-corrected chi connectivity index (χ0v) is 19.4.